The van der Waals surface area contributed by atoms with E-state index in [-0.39, 0.29) is 90.5 Å². The van der Waals surface area contributed by atoms with Gasteiger partial charge in [0, 0.05) is 160 Å². The molecule has 8 amide bonds. The van der Waals surface area contributed by atoms with Crippen molar-refractivity contribution in [3.8, 4) is 45.0 Å². The predicted molar refractivity (Wildman–Crippen MR) is 517 cm³/mol. The Morgan fingerprint density at radius 1 is 0.305 bits per heavy atom. The number of piperazine rings is 1. The zero-order valence-electron chi connectivity index (χ0n) is 69.4. The molecule has 24 nitrogen and oxygen atoms in total. The first kappa shape index (κ1) is 94.5. The minimum absolute atomic E-state index is 0.0956. The highest BCUT2D eigenvalue weighted by molar-refractivity contribution is 6.38. The fourth-order valence-electron chi connectivity index (χ4n) is 13.3. The van der Waals surface area contributed by atoms with E-state index in [1.807, 2.05) is 110 Å². The van der Waals surface area contributed by atoms with Crippen LogP contribution in [0.3, 0.4) is 0 Å². The van der Waals surface area contributed by atoms with E-state index in [1.165, 1.54) is 36.4 Å². The molecule has 1 aliphatic heterocycles. The molecular weight excluding hydrogens is 1820 g/mol. The number of rotatable bonds is 21. The third kappa shape index (κ3) is 26.1. The van der Waals surface area contributed by atoms with Gasteiger partial charge in [-0.1, -0.05) is 129 Å². The quantitative estimate of drug-likeness (QED) is 0.0331. The number of hydrogen-bond acceptors (Lipinski definition) is 16. The minimum atomic E-state index is -0.412. The first-order chi connectivity index (χ1) is 63.3. The van der Waals surface area contributed by atoms with Crippen LogP contribution in [-0.2, 0) is 13.1 Å². The Balaban J connectivity index is 0.000000149. The molecule has 8 N–H and O–H groups in total. The van der Waals surface area contributed by atoms with E-state index in [9.17, 15) is 38.4 Å². The number of aromatic nitrogens is 7. The number of amides is 8. The van der Waals surface area contributed by atoms with Gasteiger partial charge in [0.25, 0.3) is 47.3 Å². The molecule has 656 valence electrons. The van der Waals surface area contributed by atoms with E-state index in [0.717, 1.165) is 11.3 Å². The van der Waals surface area contributed by atoms with Crippen LogP contribution in [0.25, 0.3) is 45.0 Å². The van der Waals surface area contributed by atoms with Gasteiger partial charge in [0.2, 0.25) is 0 Å². The Bertz CT molecular complexity index is 6440. The molecule has 131 heavy (non-hydrogen) atoms. The van der Waals surface area contributed by atoms with Crippen LogP contribution in [-0.4, -0.2) is 112 Å². The summed E-state index contributed by atoms with van der Waals surface area (Å²) in [6, 6.07) is 73.9. The largest absolute Gasteiger partial charge is 0.348 e. The summed E-state index contributed by atoms with van der Waals surface area (Å²) in [7, 11) is 0. The Hall–Kier alpha value is -14.2. The molecule has 7 aromatic heterocycles. The average molecular weight is 1900 g/mol. The van der Waals surface area contributed by atoms with E-state index < -0.39 is 17.7 Å². The number of halogens is 8. The lowest BCUT2D eigenvalue weighted by Crippen LogP contribution is -2.55. The predicted octanol–water partition coefficient (Wildman–Crippen LogP) is 22.4. The molecule has 0 bridgehead atoms. The number of nitrogens with zero attached hydrogens (tertiary/aromatic N) is 8. The minimum Gasteiger partial charge on any atom is -0.348 e. The van der Waals surface area contributed by atoms with Crippen LogP contribution in [0.1, 0.15) is 108 Å². The summed E-state index contributed by atoms with van der Waals surface area (Å²) in [6.07, 6.45) is 14.8. The van der Waals surface area contributed by atoms with Gasteiger partial charge in [0.1, 0.15) is 0 Å². The fraction of sp³-hybridized carbons (Fsp3) is 0.0808. The summed E-state index contributed by atoms with van der Waals surface area (Å²) in [6.45, 7) is 5.96. The van der Waals surface area contributed by atoms with Crippen LogP contribution in [0.5, 0.6) is 0 Å². The third-order valence-corrected chi connectivity index (χ3v) is 22.2. The Labute approximate surface area is 792 Å². The lowest BCUT2D eigenvalue weighted by Gasteiger charge is -2.36. The van der Waals surface area contributed by atoms with Crippen molar-refractivity contribution in [1.29, 1.82) is 0 Å². The second kappa shape index (κ2) is 45.7. The molecular formula is C99H76Cl8N16O8. The van der Waals surface area contributed by atoms with Gasteiger partial charge in [0.15, 0.2) is 0 Å². The molecule has 8 heterocycles. The van der Waals surface area contributed by atoms with Crippen molar-refractivity contribution in [3.63, 3.8) is 0 Å². The Morgan fingerprint density at radius 3 is 0.977 bits per heavy atom. The standard InChI is InChI=1S/C25H24Cl2N4O2.2C25H18Cl2N4O2.C24H16Cl2N4O2/c1-15-13-31(14-16(2)29-15)25(33)17-6-8-19(22(27)11-17)24(32)30-18-7-9-21(26)20(12-18)23-5-3-4-10-28-23;26-21-10-8-17(14-20(21)23-6-2-4-12-29-23)31-25(33)19-9-7-16(13-22(19)27)24(32)30-15-18-5-1-3-11-28-18;26-21-9-7-18(13-20(21)23-5-1-2-11-29-23)31-25(33)19-8-6-17(12-22(19)27)24(32)30-15-16-4-3-10-28-14-16;25-20-7-5-17(14-19(20)22-3-1-2-10-28-22)30-24(32)18-6-4-15(13-21(18)26)23(31)29-16-8-11-27-12-9-16/h3-12,15-16,29H,13-14H2,1-2H3,(H,30,32);2*1-14H,15H2,(H,30,32)(H,31,33);1-14H,(H,30,32)(H,27,29,31). The van der Waals surface area contributed by atoms with E-state index in [4.69, 9.17) is 92.8 Å². The molecule has 1 fully saturated rings. The Morgan fingerprint density at radius 2 is 0.641 bits per heavy atom. The highest BCUT2D eigenvalue weighted by atomic mass is 35.5. The fourth-order valence-corrected chi connectivity index (χ4v) is 15.2. The summed E-state index contributed by atoms with van der Waals surface area (Å²) in [4.78, 5) is 133. The highest BCUT2D eigenvalue weighted by Crippen LogP contribution is 2.36. The molecule has 15 aromatic rings. The summed E-state index contributed by atoms with van der Waals surface area (Å²) in [5.41, 5.74) is 12.5. The van der Waals surface area contributed by atoms with Crippen molar-refractivity contribution in [2.24, 2.45) is 0 Å². The number of nitrogens with one attached hydrogen (secondary N) is 8. The number of anilines is 5. The monoisotopic (exact) mass is 1900 g/mol. The van der Waals surface area contributed by atoms with E-state index in [2.05, 4.69) is 77.4 Å². The van der Waals surface area contributed by atoms with Gasteiger partial charge in [-0.05, 0) is 244 Å². The second-order valence-corrected chi connectivity index (χ2v) is 32.4. The van der Waals surface area contributed by atoms with Crippen molar-refractivity contribution in [3.05, 3.63) is 413 Å². The summed E-state index contributed by atoms with van der Waals surface area (Å²) < 4.78 is 0. The zero-order valence-corrected chi connectivity index (χ0v) is 75.4. The van der Waals surface area contributed by atoms with Gasteiger partial charge in [-0.25, -0.2) is 0 Å². The number of hydrogen-bond donors (Lipinski definition) is 8. The number of carbonyl (C=O) groups is 8. The van der Waals surface area contributed by atoms with Crippen LogP contribution in [0.15, 0.2) is 317 Å². The first-order valence-electron chi connectivity index (χ1n) is 40.2. The molecule has 1 saturated heterocycles. The normalized spacial score (nSPS) is 12.4. The van der Waals surface area contributed by atoms with Crippen molar-refractivity contribution < 1.29 is 38.4 Å². The van der Waals surface area contributed by atoms with Crippen LogP contribution >= 0.6 is 92.8 Å². The lowest BCUT2D eigenvalue weighted by atomic mass is 10.1. The SMILES string of the molecule is CC1CN(C(=O)c2ccc(C(=O)Nc3ccc(Cl)c(-c4ccccn4)c3)c(Cl)c2)CC(C)N1.O=C(NCc1ccccn1)c1ccc(C(=O)Nc2ccc(Cl)c(-c3ccccn3)c2)c(Cl)c1.O=C(NCc1cccnc1)c1ccc(C(=O)Nc2ccc(Cl)c(-c3ccccn3)c2)c(Cl)c1.O=C(Nc1ccncc1)c1ccc(C(=O)Nc2ccc(Cl)c(-c3ccccn3)c2)c(Cl)c1. The van der Waals surface area contributed by atoms with Gasteiger partial charge >= 0.3 is 0 Å². The first-order valence-corrected chi connectivity index (χ1v) is 43.3. The van der Waals surface area contributed by atoms with Crippen LogP contribution < -0.4 is 42.5 Å². The molecule has 1 aliphatic rings. The van der Waals surface area contributed by atoms with Crippen LogP contribution in [0, 0.1) is 0 Å². The zero-order chi connectivity index (χ0) is 92.5. The van der Waals surface area contributed by atoms with Gasteiger partial charge in [-0.2, -0.15) is 0 Å². The van der Waals surface area contributed by atoms with Gasteiger partial charge in [-0.15, -0.1) is 0 Å². The van der Waals surface area contributed by atoms with Gasteiger partial charge in [0.05, 0.1) is 97.4 Å². The van der Waals surface area contributed by atoms with Gasteiger partial charge < -0.3 is 47.4 Å². The lowest BCUT2D eigenvalue weighted by molar-refractivity contribution is 0.0672. The summed E-state index contributed by atoms with van der Waals surface area (Å²) >= 11 is 50.6. The molecule has 8 aromatic carbocycles. The molecule has 2 unspecified atom stereocenters. The summed E-state index contributed by atoms with van der Waals surface area (Å²) in [5, 5.41) is 25.8. The molecule has 16 rings (SSSR count). The van der Waals surface area contributed by atoms with E-state index in [0.29, 0.717) is 135 Å². The molecule has 0 radical (unpaired) electrons. The highest BCUT2D eigenvalue weighted by Gasteiger charge is 2.28. The maximum absolute atomic E-state index is 12.9. The second-order valence-electron chi connectivity index (χ2n) is 29.2. The molecule has 2 atom stereocenters. The topological polar surface area (TPSA) is 326 Å². The van der Waals surface area contributed by atoms with Crippen LogP contribution in [0.2, 0.25) is 40.2 Å². The van der Waals surface area contributed by atoms with Crippen molar-refractivity contribution in [2.45, 2.75) is 39.0 Å². The maximum atomic E-state index is 12.9. The van der Waals surface area contributed by atoms with E-state index in [1.54, 1.807) is 189 Å². The molecule has 0 saturated carbocycles. The van der Waals surface area contributed by atoms with Crippen molar-refractivity contribution >= 4 is 169 Å². The molecule has 0 spiro atoms. The number of benzene rings is 8. The van der Waals surface area contributed by atoms with E-state index >= 15 is 0 Å². The molecule has 0 aliphatic carbocycles. The Kier molecular flexibility index (Phi) is 33.0. The van der Waals surface area contributed by atoms with Gasteiger partial charge in [-0.3, -0.25) is 73.2 Å². The summed E-state index contributed by atoms with van der Waals surface area (Å²) in [5.74, 6) is -2.66. The number of pyridine rings is 7. The smallest absolute Gasteiger partial charge is 0.257 e. The van der Waals surface area contributed by atoms with Crippen molar-refractivity contribution in [1.82, 2.24) is 55.7 Å². The van der Waals surface area contributed by atoms with Crippen molar-refractivity contribution in [2.75, 3.05) is 39.7 Å². The van der Waals surface area contributed by atoms with Crippen LogP contribution in [0.4, 0.5) is 28.4 Å². The maximum Gasteiger partial charge on any atom is 0.257 e. The average Bonchev–Trinajstić information content (AvgIpc) is 0.814. The third-order valence-electron chi connectivity index (χ3n) is 19.7. The molecule has 32 heteroatoms. The number of carbonyl (C=O) groups excluding carboxylic acids is 8.